The number of amides is 1. The lowest BCUT2D eigenvalue weighted by Crippen LogP contribution is -2.27. The molecule has 0 bridgehead atoms. The lowest BCUT2D eigenvalue weighted by molar-refractivity contribution is -0.119. The Morgan fingerprint density at radius 1 is 1.28 bits per heavy atom. The second-order valence-corrected chi connectivity index (χ2v) is 5.92. The van der Waals surface area contributed by atoms with Crippen LogP contribution in [-0.2, 0) is 4.79 Å². The van der Waals surface area contributed by atoms with Crippen LogP contribution in [0.4, 0.5) is 5.69 Å². The Morgan fingerprint density at radius 2 is 2.04 bits per heavy atom. The van der Waals surface area contributed by atoms with E-state index in [0.717, 1.165) is 0 Å². The summed E-state index contributed by atoms with van der Waals surface area (Å²) in [6.07, 6.45) is 1.21. The normalized spacial score (nSPS) is 12.0. The van der Waals surface area contributed by atoms with Gasteiger partial charge in [-0.05, 0) is 37.3 Å². The molecule has 0 spiro atoms. The summed E-state index contributed by atoms with van der Waals surface area (Å²) in [6.45, 7) is 1.70. The van der Waals surface area contributed by atoms with Crippen molar-refractivity contribution in [1.82, 2.24) is 9.78 Å². The van der Waals surface area contributed by atoms with Gasteiger partial charge >= 0.3 is 0 Å². The Morgan fingerprint density at radius 3 is 2.80 bits per heavy atom. The molecular weight excluding hydrogens is 342 g/mol. The van der Waals surface area contributed by atoms with E-state index >= 15 is 0 Å². The molecular formula is C18H16ClN3O3. The van der Waals surface area contributed by atoms with Gasteiger partial charge in [-0.3, -0.25) is 14.3 Å². The van der Waals surface area contributed by atoms with Crippen molar-refractivity contribution in [2.24, 2.45) is 0 Å². The van der Waals surface area contributed by atoms with Crippen molar-refractivity contribution in [3.8, 4) is 5.75 Å². The summed E-state index contributed by atoms with van der Waals surface area (Å²) in [5.74, 6) is 0.199. The molecule has 0 saturated heterocycles. The van der Waals surface area contributed by atoms with Crippen LogP contribution < -0.4 is 15.5 Å². The molecule has 25 heavy (non-hydrogen) atoms. The minimum Gasteiger partial charge on any atom is -0.495 e. The van der Waals surface area contributed by atoms with Crippen LogP contribution in [0.5, 0.6) is 5.75 Å². The fourth-order valence-corrected chi connectivity index (χ4v) is 2.74. The molecule has 0 unspecified atom stereocenters. The number of aromatic nitrogens is 2. The topological polar surface area (TPSA) is 73.2 Å². The number of hydrogen-bond donors (Lipinski definition) is 1. The van der Waals surface area contributed by atoms with Gasteiger partial charge in [0.2, 0.25) is 11.3 Å². The lowest BCUT2D eigenvalue weighted by atomic mass is 10.2. The monoisotopic (exact) mass is 357 g/mol. The highest BCUT2D eigenvalue weighted by atomic mass is 35.5. The summed E-state index contributed by atoms with van der Waals surface area (Å²) >= 11 is 5.99. The van der Waals surface area contributed by atoms with Crippen molar-refractivity contribution in [2.75, 3.05) is 12.4 Å². The molecule has 0 aliphatic carbocycles. The molecule has 0 saturated carbocycles. The predicted molar refractivity (Wildman–Crippen MR) is 97.3 cm³/mol. The van der Waals surface area contributed by atoms with Gasteiger partial charge in [0.1, 0.15) is 11.8 Å². The maximum absolute atomic E-state index is 12.7. The second-order valence-electron chi connectivity index (χ2n) is 5.48. The van der Waals surface area contributed by atoms with E-state index < -0.39 is 6.04 Å². The van der Waals surface area contributed by atoms with E-state index in [4.69, 9.17) is 16.3 Å². The molecule has 0 aliphatic heterocycles. The predicted octanol–water partition coefficient (Wildman–Crippen LogP) is 3.26. The average molecular weight is 358 g/mol. The number of nitrogens with zero attached hydrogens (tertiary/aromatic N) is 2. The molecule has 6 nitrogen and oxygen atoms in total. The Hall–Kier alpha value is -2.86. The van der Waals surface area contributed by atoms with Gasteiger partial charge in [0.05, 0.1) is 24.5 Å². The first kappa shape index (κ1) is 17.0. The number of rotatable bonds is 4. The van der Waals surface area contributed by atoms with Crippen molar-refractivity contribution in [2.45, 2.75) is 13.0 Å². The van der Waals surface area contributed by atoms with Gasteiger partial charge < -0.3 is 10.1 Å². The van der Waals surface area contributed by atoms with E-state index in [9.17, 15) is 9.59 Å². The number of hydrogen-bond acceptors (Lipinski definition) is 4. The van der Waals surface area contributed by atoms with Crippen LogP contribution in [0, 0.1) is 0 Å². The van der Waals surface area contributed by atoms with Gasteiger partial charge in [0, 0.05) is 10.4 Å². The van der Waals surface area contributed by atoms with Crippen LogP contribution in [-0.4, -0.2) is 22.8 Å². The maximum Gasteiger partial charge on any atom is 0.249 e. The number of ether oxygens (including phenoxy) is 1. The summed E-state index contributed by atoms with van der Waals surface area (Å²) in [5.41, 5.74) is 0.879. The Bertz CT molecular complexity index is 1000. The lowest BCUT2D eigenvalue weighted by Gasteiger charge is -2.18. The first-order valence-corrected chi connectivity index (χ1v) is 8.00. The van der Waals surface area contributed by atoms with E-state index in [1.807, 2.05) is 0 Å². The molecule has 3 rings (SSSR count). The summed E-state index contributed by atoms with van der Waals surface area (Å²) in [6, 6.07) is 11.4. The van der Waals surface area contributed by atoms with E-state index in [-0.39, 0.29) is 11.3 Å². The molecule has 1 heterocycles. The first-order chi connectivity index (χ1) is 12.0. The molecule has 1 N–H and O–H groups in total. The van der Waals surface area contributed by atoms with Crippen LogP contribution in [0.1, 0.15) is 13.0 Å². The average Bonchev–Trinajstić information content (AvgIpc) is 2.62. The van der Waals surface area contributed by atoms with Crippen molar-refractivity contribution < 1.29 is 9.53 Å². The Kier molecular flexibility index (Phi) is 4.72. The summed E-state index contributed by atoms with van der Waals surface area (Å²) in [7, 11) is 1.51. The smallest absolute Gasteiger partial charge is 0.249 e. The van der Waals surface area contributed by atoms with Crippen molar-refractivity contribution in [3.05, 3.63) is 63.9 Å². The standard InChI is InChI=1S/C18H16ClN3O3/c1-11(18(24)21-14-9-12(19)7-8-17(14)25-2)22-15-6-4-3-5-13(15)16(23)10-20-22/h3-11H,1-2H3,(H,21,24)/t11-/m1/s1. The second kappa shape index (κ2) is 6.94. The minimum atomic E-state index is -0.644. The van der Waals surface area contributed by atoms with Gasteiger partial charge in [0.15, 0.2) is 0 Å². The molecule has 1 amide bonds. The zero-order chi connectivity index (χ0) is 18.0. The summed E-state index contributed by atoms with van der Waals surface area (Å²) in [5, 5.41) is 7.90. The number of fused-ring (bicyclic) bond motifs is 1. The van der Waals surface area contributed by atoms with Crippen LogP contribution >= 0.6 is 11.6 Å². The molecule has 0 fully saturated rings. The van der Waals surface area contributed by atoms with Gasteiger partial charge in [0.25, 0.3) is 0 Å². The van der Waals surface area contributed by atoms with Gasteiger partial charge in [-0.2, -0.15) is 5.10 Å². The molecule has 3 aromatic rings. The van der Waals surface area contributed by atoms with Crippen LogP contribution in [0.15, 0.2) is 53.5 Å². The number of benzene rings is 2. The molecule has 128 valence electrons. The van der Waals surface area contributed by atoms with Gasteiger partial charge in [-0.15, -0.1) is 0 Å². The van der Waals surface area contributed by atoms with E-state index in [1.165, 1.54) is 18.0 Å². The molecule has 7 heteroatoms. The quantitative estimate of drug-likeness (QED) is 0.777. The SMILES string of the molecule is COc1ccc(Cl)cc1NC(=O)[C@@H](C)n1ncc(=O)c2ccccc21. The molecule has 2 aromatic carbocycles. The fraction of sp³-hybridized carbons (Fsp3) is 0.167. The van der Waals surface area contributed by atoms with Gasteiger partial charge in [-0.1, -0.05) is 23.7 Å². The zero-order valence-corrected chi connectivity index (χ0v) is 14.4. The number of methoxy groups -OCH3 is 1. The number of anilines is 1. The number of halogens is 1. The summed E-state index contributed by atoms with van der Waals surface area (Å²) < 4.78 is 6.75. The molecule has 1 aromatic heterocycles. The summed E-state index contributed by atoms with van der Waals surface area (Å²) in [4.78, 5) is 24.6. The highest BCUT2D eigenvalue weighted by molar-refractivity contribution is 6.31. The minimum absolute atomic E-state index is 0.184. The third kappa shape index (κ3) is 3.34. The molecule has 0 radical (unpaired) electrons. The number of para-hydroxylation sites is 1. The third-order valence-corrected chi connectivity index (χ3v) is 4.12. The number of nitrogens with one attached hydrogen (secondary N) is 1. The van der Waals surface area contributed by atoms with Crippen LogP contribution in [0.25, 0.3) is 10.9 Å². The largest absolute Gasteiger partial charge is 0.495 e. The highest BCUT2D eigenvalue weighted by Gasteiger charge is 2.19. The maximum atomic E-state index is 12.7. The van der Waals surface area contributed by atoms with E-state index in [1.54, 1.807) is 49.4 Å². The van der Waals surface area contributed by atoms with Crippen molar-refractivity contribution in [3.63, 3.8) is 0 Å². The van der Waals surface area contributed by atoms with Crippen LogP contribution in [0.2, 0.25) is 5.02 Å². The van der Waals surface area contributed by atoms with E-state index in [0.29, 0.717) is 27.4 Å². The molecule has 0 aliphatic rings. The Labute approximate surface area is 149 Å². The van der Waals surface area contributed by atoms with Crippen molar-refractivity contribution >= 4 is 34.1 Å². The fourth-order valence-electron chi connectivity index (χ4n) is 2.56. The Balaban J connectivity index is 1.95. The number of carbonyl (C=O) groups is 1. The number of carbonyl (C=O) groups excluding carboxylic acids is 1. The van der Waals surface area contributed by atoms with Crippen LogP contribution in [0.3, 0.4) is 0 Å². The van der Waals surface area contributed by atoms with E-state index in [2.05, 4.69) is 10.4 Å². The zero-order valence-electron chi connectivity index (χ0n) is 13.7. The first-order valence-electron chi connectivity index (χ1n) is 7.62. The van der Waals surface area contributed by atoms with Crippen molar-refractivity contribution in [1.29, 1.82) is 0 Å². The highest BCUT2D eigenvalue weighted by Crippen LogP contribution is 2.28. The molecule has 1 atom stereocenters. The third-order valence-electron chi connectivity index (χ3n) is 3.88. The van der Waals surface area contributed by atoms with Gasteiger partial charge in [-0.25, -0.2) is 0 Å².